The minimum absolute atomic E-state index is 0.0482. The normalized spacial score (nSPS) is 17.5. The van der Waals surface area contributed by atoms with Gasteiger partial charge in [0.1, 0.15) is 5.52 Å². The predicted molar refractivity (Wildman–Crippen MR) is 124 cm³/mol. The van der Waals surface area contributed by atoms with Gasteiger partial charge in [-0.1, -0.05) is 12.1 Å². The van der Waals surface area contributed by atoms with E-state index in [1.54, 1.807) is 12.4 Å². The van der Waals surface area contributed by atoms with Crippen LogP contribution in [0.5, 0.6) is 0 Å². The fraction of sp³-hybridized carbons (Fsp3) is 0.417. The maximum atomic E-state index is 12.7. The number of hydrogen-bond acceptors (Lipinski definition) is 7. The molecule has 5 rings (SSSR count). The van der Waals surface area contributed by atoms with Gasteiger partial charge >= 0.3 is 0 Å². The van der Waals surface area contributed by atoms with Crippen LogP contribution in [0.3, 0.4) is 0 Å². The number of carbonyl (C=O) groups excluding carboxylic acids is 1. The number of fused-ring (bicyclic) bond motifs is 1. The molecule has 4 heterocycles. The number of nitrogens with zero attached hydrogens (tertiary/aromatic N) is 5. The fourth-order valence-electron chi connectivity index (χ4n) is 4.40. The van der Waals surface area contributed by atoms with Crippen molar-refractivity contribution in [3.63, 3.8) is 0 Å². The maximum absolute atomic E-state index is 12.7. The van der Waals surface area contributed by atoms with Gasteiger partial charge in [0.05, 0.1) is 25.1 Å². The lowest BCUT2D eigenvalue weighted by molar-refractivity contribution is -0.125. The predicted octanol–water partition coefficient (Wildman–Crippen LogP) is 2.39. The van der Waals surface area contributed by atoms with E-state index in [9.17, 15) is 4.79 Å². The molecule has 0 bridgehead atoms. The second kappa shape index (κ2) is 9.48. The lowest BCUT2D eigenvalue weighted by Crippen LogP contribution is -2.40. The van der Waals surface area contributed by atoms with Gasteiger partial charge in [-0.3, -0.25) is 9.78 Å². The van der Waals surface area contributed by atoms with Crippen LogP contribution >= 0.6 is 0 Å². The molecule has 2 saturated heterocycles. The summed E-state index contributed by atoms with van der Waals surface area (Å²) in [6.07, 6.45) is 6.84. The Balaban J connectivity index is 1.11. The van der Waals surface area contributed by atoms with Crippen LogP contribution in [0.2, 0.25) is 0 Å². The van der Waals surface area contributed by atoms with E-state index in [1.165, 1.54) is 5.69 Å². The molecule has 2 aromatic heterocycles. The molecule has 0 atom stereocenters. The number of nitrogens with one attached hydrogen (secondary N) is 1. The number of anilines is 2. The van der Waals surface area contributed by atoms with Gasteiger partial charge in [0.2, 0.25) is 5.91 Å². The molecule has 2 fully saturated rings. The average molecular weight is 433 g/mol. The van der Waals surface area contributed by atoms with E-state index in [4.69, 9.17) is 4.74 Å². The molecule has 8 nitrogen and oxygen atoms in total. The highest BCUT2D eigenvalue weighted by atomic mass is 16.5. The Hall–Kier alpha value is -3.26. The summed E-state index contributed by atoms with van der Waals surface area (Å²) >= 11 is 0. The Morgan fingerprint density at radius 3 is 2.44 bits per heavy atom. The fourth-order valence-corrected chi connectivity index (χ4v) is 4.40. The highest BCUT2D eigenvalue weighted by molar-refractivity contribution is 5.79. The minimum Gasteiger partial charge on any atom is -0.378 e. The van der Waals surface area contributed by atoms with Crippen LogP contribution in [0.4, 0.5) is 11.4 Å². The lowest BCUT2D eigenvalue weighted by Gasteiger charge is -2.32. The zero-order chi connectivity index (χ0) is 21.8. The Morgan fingerprint density at radius 2 is 1.66 bits per heavy atom. The van der Waals surface area contributed by atoms with Gasteiger partial charge in [-0.25, -0.2) is 9.97 Å². The Bertz CT molecular complexity index is 1060. The smallest absolute Gasteiger partial charge is 0.223 e. The van der Waals surface area contributed by atoms with Crippen LogP contribution in [0.1, 0.15) is 18.4 Å². The maximum Gasteiger partial charge on any atom is 0.223 e. The third-order valence-electron chi connectivity index (χ3n) is 6.32. The van der Waals surface area contributed by atoms with E-state index >= 15 is 0 Å². The van der Waals surface area contributed by atoms with Crippen molar-refractivity contribution in [2.75, 3.05) is 49.2 Å². The molecule has 1 N–H and O–H groups in total. The number of aromatic nitrogens is 3. The van der Waals surface area contributed by atoms with Crippen molar-refractivity contribution in [2.45, 2.75) is 19.4 Å². The third kappa shape index (κ3) is 4.65. The standard InChI is InChI=1S/C24H28N6O2/c31-24(28-16-18-1-3-20(4-2-18)30-11-13-32-14-12-30)19-5-9-29(10-6-19)21-15-22-23(27-17-21)26-8-7-25-22/h1-4,7-8,15,17,19H,5-6,9-14,16H2,(H,28,31). The highest BCUT2D eigenvalue weighted by Gasteiger charge is 2.25. The molecular formula is C24H28N6O2. The van der Waals surface area contributed by atoms with Crippen molar-refractivity contribution in [3.8, 4) is 0 Å². The van der Waals surface area contributed by atoms with E-state index in [0.29, 0.717) is 12.2 Å². The first kappa shape index (κ1) is 20.6. The lowest BCUT2D eigenvalue weighted by atomic mass is 9.95. The van der Waals surface area contributed by atoms with Crippen LogP contribution in [-0.2, 0) is 16.1 Å². The first-order valence-corrected chi connectivity index (χ1v) is 11.3. The first-order valence-electron chi connectivity index (χ1n) is 11.3. The first-order chi connectivity index (χ1) is 15.8. The van der Waals surface area contributed by atoms with E-state index in [0.717, 1.165) is 69.0 Å². The van der Waals surface area contributed by atoms with Crippen molar-refractivity contribution in [1.29, 1.82) is 0 Å². The van der Waals surface area contributed by atoms with Crippen LogP contribution in [-0.4, -0.2) is 60.3 Å². The van der Waals surface area contributed by atoms with Crippen LogP contribution in [0.15, 0.2) is 48.9 Å². The third-order valence-corrected chi connectivity index (χ3v) is 6.32. The van der Waals surface area contributed by atoms with Crippen molar-refractivity contribution in [1.82, 2.24) is 20.3 Å². The van der Waals surface area contributed by atoms with Crippen molar-refractivity contribution < 1.29 is 9.53 Å². The molecular weight excluding hydrogens is 404 g/mol. The number of hydrogen-bond donors (Lipinski definition) is 1. The van der Waals surface area contributed by atoms with Gasteiger partial charge < -0.3 is 19.9 Å². The number of amides is 1. The Morgan fingerprint density at radius 1 is 0.938 bits per heavy atom. The second-order valence-electron chi connectivity index (χ2n) is 8.34. The molecule has 0 aliphatic carbocycles. The molecule has 0 radical (unpaired) electrons. The van der Waals surface area contributed by atoms with Gasteiger partial charge in [-0.2, -0.15) is 0 Å². The van der Waals surface area contributed by atoms with Gasteiger partial charge in [-0.15, -0.1) is 0 Å². The van der Waals surface area contributed by atoms with Gasteiger partial charge in [0.25, 0.3) is 0 Å². The molecule has 0 unspecified atom stereocenters. The summed E-state index contributed by atoms with van der Waals surface area (Å²) in [4.78, 5) is 30.3. The topological polar surface area (TPSA) is 83.5 Å². The number of carbonyl (C=O) groups is 1. The SMILES string of the molecule is O=C(NCc1ccc(N2CCOCC2)cc1)C1CCN(c2cnc3nccnc3c2)CC1. The van der Waals surface area contributed by atoms with Crippen LogP contribution in [0.25, 0.3) is 11.2 Å². The number of ether oxygens (including phenoxy) is 1. The Kier molecular flexibility index (Phi) is 6.11. The molecule has 8 heteroatoms. The van der Waals surface area contributed by atoms with E-state index < -0.39 is 0 Å². The van der Waals surface area contributed by atoms with E-state index in [2.05, 4.69) is 54.3 Å². The Labute approximate surface area is 187 Å². The van der Waals surface area contributed by atoms with Crippen molar-refractivity contribution in [2.24, 2.45) is 5.92 Å². The summed E-state index contributed by atoms with van der Waals surface area (Å²) in [5.74, 6) is 0.191. The van der Waals surface area contributed by atoms with E-state index in [-0.39, 0.29) is 11.8 Å². The van der Waals surface area contributed by atoms with Gasteiger partial charge in [0, 0.05) is 56.7 Å². The molecule has 0 saturated carbocycles. The van der Waals surface area contributed by atoms with Crippen LogP contribution in [0, 0.1) is 5.92 Å². The summed E-state index contributed by atoms with van der Waals surface area (Å²) < 4.78 is 5.42. The molecule has 1 aromatic carbocycles. The molecule has 2 aliphatic rings. The second-order valence-corrected chi connectivity index (χ2v) is 8.34. The molecule has 166 valence electrons. The average Bonchev–Trinajstić information content (AvgIpc) is 2.88. The summed E-state index contributed by atoms with van der Waals surface area (Å²) in [7, 11) is 0. The largest absolute Gasteiger partial charge is 0.378 e. The van der Waals surface area contributed by atoms with Crippen molar-refractivity contribution >= 4 is 28.4 Å². The summed E-state index contributed by atoms with van der Waals surface area (Å²) in [5, 5.41) is 3.12. The van der Waals surface area contributed by atoms with Crippen molar-refractivity contribution in [3.05, 3.63) is 54.5 Å². The number of benzene rings is 1. The summed E-state index contributed by atoms with van der Waals surface area (Å²) in [6.45, 7) is 5.65. The number of piperidine rings is 1. The monoisotopic (exact) mass is 432 g/mol. The molecule has 1 amide bonds. The van der Waals surface area contributed by atoms with Gasteiger partial charge in [0.15, 0.2) is 5.65 Å². The molecule has 32 heavy (non-hydrogen) atoms. The quantitative estimate of drug-likeness (QED) is 0.663. The van der Waals surface area contributed by atoms with E-state index in [1.807, 2.05) is 12.3 Å². The highest BCUT2D eigenvalue weighted by Crippen LogP contribution is 2.24. The zero-order valence-electron chi connectivity index (χ0n) is 18.1. The minimum atomic E-state index is 0.0482. The number of morpholine rings is 1. The molecule has 2 aliphatic heterocycles. The summed E-state index contributed by atoms with van der Waals surface area (Å²) in [6, 6.07) is 10.5. The summed E-state index contributed by atoms with van der Waals surface area (Å²) in [5.41, 5.74) is 4.83. The zero-order valence-corrected chi connectivity index (χ0v) is 18.1. The number of pyridine rings is 1. The number of rotatable bonds is 5. The molecule has 3 aromatic rings. The van der Waals surface area contributed by atoms with Crippen LogP contribution < -0.4 is 15.1 Å². The van der Waals surface area contributed by atoms with Gasteiger partial charge in [-0.05, 0) is 36.6 Å². The molecule has 0 spiro atoms.